The molecule has 2 unspecified atom stereocenters. The number of hydrogen-bond acceptors (Lipinski definition) is 5. The van der Waals surface area contributed by atoms with Crippen LogP contribution in [-0.2, 0) is 11.2 Å². The molecule has 3 N–H and O–H groups in total. The van der Waals surface area contributed by atoms with E-state index in [-0.39, 0.29) is 30.3 Å². The molecule has 0 aromatic heterocycles. The highest BCUT2D eigenvalue weighted by atomic mass is 35.5. The summed E-state index contributed by atoms with van der Waals surface area (Å²) in [5.41, 5.74) is 7.27. The molecule has 1 amide bonds. The van der Waals surface area contributed by atoms with E-state index in [1.807, 2.05) is 12.1 Å². The van der Waals surface area contributed by atoms with Crippen LogP contribution in [0.1, 0.15) is 37.7 Å². The molecule has 2 aliphatic rings. The summed E-state index contributed by atoms with van der Waals surface area (Å²) >= 11 is 0. The van der Waals surface area contributed by atoms with Crippen LogP contribution in [0.25, 0.3) is 0 Å². The molecule has 3 rings (SSSR count). The summed E-state index contributed by atoms with van der Waals surface area (Å²) in [7, 11) is 4.86. The standard InChI is InChI=1S/C21H32N2O4.ClH/c1-25-16-11-18(26-2)17(19(12-16)27-3)7-8-23-21(24)15-9-13-5-4-6-14(10-15)20(13)22;/h11-15,20H,4-10,22H2,1-3H3,(H,23,24);1H. The lowest BCUT2D eigenvalue weighted by molar-refractivity contribution is -0.127. The fraction of sp³-hybridized carbons (Fsp3) is 0.667. The van der Waals surface area contributed by atoms with Gasteiger partial charge in [0.15, 0.2) is 0 Å². The minimum Gasteiger partial charge on any atom is -0.496 e. The molecule has 158 valence electrons. The van der Waals surface area contributed by atoms with Crippen molar-refractivity contribution >= 4 is 18.3 Å². The van der Waals surface area contributed by atoms with Gasteiger partial charge in [0.25, 0.3) is 0 Å². The Labute approximate surface area is 173 Å². The Morgan fingerprint density at radius 1 is 1.07 bits per heavy atom. The van der Waals surface area contributed by atoms with Crippen molar-refractivity contribution in [2.75, 3.05) is 27.9 Å². The summed E-state index contributed by atoms with van der Waals surface area (Å²) < 4.78 is 16.2. The van der Waals surface area contributed by atoms with Gasteiger partial charge in [-0.1, -0.05) is 6.42 Å². The first-order chi connectivity index (χ1) is 13.1. The number of carbonyl (C=O) groups excluding carboxylic acids is 1. The topological polar surface area (TPSA) is 82.8 Å². The van der Waals surface area contributed by atoms with Crippen LogP contribution in [0.2, 0.25) is 0 Å². The molecule has 6 nitrogen and oxygen atoms in total. The van der Waals surface area contributed by atoms with Gasteiger partial charge in [0.2, 0.25) is 5.91 Å². The van der Waals surface area contributed by atoms with Crippen LogP contribution < -0.4 is 25.3 Å². The molecule has 2 saturated carbocycles. The molecule has 0 radical (unpaired) electrons. The molecule has 7 heteroatoms. The lowest BCUT2D eigenvalue weighted by Crippen LogP contribution is -2.49. The van der Waals surface area contributed by atoms with Crippen molar-refractivity contribution in [2.24, 2.45) is 23.5 Å². The maximum Gasteiger partial charge on any atom is 0.223 e. The number of rotatable bonds is 7. The molecule has 0 aliphatic heterocycles. The summed E-state index contributed by atoms with van der Waals surface area (Å²) in [4.78, 5) is 12.7. The molecular formula is C21H33ClN2O4. The van der Waals surface area contributed by atoms with Gasteiger partial charge in [0.05, 0.1) is 21.3 Å². The van der Waals surface area contributed by atoms with Gasteiger partial charge in [-0.05, 0) is 43.9 Å². The van der Waals surface area contributed by atoms with Crippen LogP contribution in [0.3, 0.4) is 0 Å². The molecule has 0 spiro atoms. The largest absolute Gasteiger partial charge is 0.496 e. The number of halogens is 1. The van der Waals surface area contributed by atoms with Crippen LogP contribution in [0.15, 0.2) is 12.1 Å². The van der Waals surface area contributed by atoms with E-state index in [4.69, 9.17) is 19.9 Å². The van der Waals surface area contributed by atoms with Gasteiger partial charge < -0.3 is 25.3 Å². The zero-order chi connectivity index (χ0) is 19.4. The monoisotopic (exact) mass is 412 g/mol. The normalized spacial score (nSPS) is 26.0. The van der Waals surface area contributed by atoms with Crippen molar-refractivity contribution in [3.63, 3.8) is 0 Å². The Balaban J connectivity index is 0.00000280. The molecule has 0 saturated heterocycles. The summed E-state index contributed by atoms with van der Waals surface area (Å²) in [6.07, 6.45) is 6.09. The van der Waals surface area contributed by atoms with E-state index in [1.54, 1.807) is 21.3 Å². The van der Waals surface area contributed by atoms with E-state index in [0.29, 0.717) is 42.0 Å². The van der Waals surface area contributed by atoms with E-state index < -0.39 is 0 Å². The Morgan fingerprint density at radius 2 is 1.64 bits per heavy atom. The van der Waals surface area contributed by atoms with Crippen LogP contribution in [0, 0.1) is 17.8 Å². The second kappa shape index (κ2) is 10.2. The number of nitrogens with one attached hydrogen (secondary N) is 1. The van der Waals surface area contributed by atoms with Crippen molar-refractivity contribution < 1.29 is 19.0 Å². The summed E-state index contributed by atoms with van der Waals surface area (Å²) in [5, 5.41) is 3.11. The third kappa shape index (κ3) is 4.84. The predicted molar refractivity (Wildman–Crippen MR) is 112 cm³/mol. The Kier molecular flexibility index (Phi) is 8.25. The molecular weight excluding hydrogens is 380 g/mol. The van der Waals surface area contributed by atoms with Crippen molar-refractivity contribution in [1.29, 1.82) is 0 Å². The maximum absolute atomic E-state index is 12.7. The molecule has 1 aromatic rings. The summed E-state index contributed by atoms with van der Waals surface area (Å²) in [6, 6.07) is 3.96. The van der Waals surface area contributed by atoms with Gasteiger partial charge in [-0.15, -0.1) is 12.4 Å². The lowest BCUT2D eigenvalue weighted by Gasteiger charge is -2.43. The number of methoxy groups -OCH3 is 3. The van der Waals surface area contributed by atoms with Gasteiger partial charge in [0.1, 0.15) is 17.2 Å². The van der Waals surface area contributed by atoms with Crippen LogP contribution in [0.5, 0.6) is 17.2 Å². The second-order valence-corrected chi connectivity index (χ2v) is 7.75. The lowest BCUT2D eigenvalue weighted by atomic mass is 9.65. The van der Waals surface area contributed by atoms with Crippen LogP contribution in [0.4, 0.5) is 0 Å². The van der Waals surface area contributed by atoms with E-state index in [0.717, 1.165) is 18.4 Å². The third-order valence-electron chi connectivity index (χ3n) is 6.28. The van der Waals surface area contributed by atoms with Crippen molar-refractivity contribution in [3.05, 3.63) is 17.7 Å². The van der Waals surface area contributed by atoms with Gasteiger partial charge in [-0.25, -0.2) is 0 Å². The molecule has 0 heterocycles. The molecule has 28 heavy (non-hydrogen) atoms. The van der Waals surface area contributed by atoms with Crippen LogP contribution in [-0.4, -0.2) is 39.8 Å². The Morgan fingerprint density at radius 3 is 2.14 bits per heavy atom. The fourth-order valence-electron chi connectivity index (χ4n) is 4.78. The highest BCUT2D eigenvalue weighted by Crippen LogP contribution is 2.42. The zero-order valence-corrected chi connectivity index (χ0v) is 17.8. The quantitative estimate of drug-likeness (QED) is 0.719. The number of ether oxygens (including phenoxy) is 3. The van der Waals surface area contributed by atoms with Gasteiger partial charge in [-0.3, -0.25) is 4.79 Å². The number of nitrogens with two attached hydrogens (primary N) is 1. The van der Waals surface area contributed by atoms with E-state index >= 15 is 0 Å². The Hall–Kier alpha value is -1.66. The average molecular weight is 413 g/mol. The molecule has 2 atom stereocenters. The van der Waals surface area contributed by atoms with E-state index in [2.05, 4.69) is 5.32 Å². The van der Waals surface area contributed by atoms with E-state index in [1.165, 1.54) is 19.3 Å². The second-order valence-electron chi connectivity index (χ2n) is 7.75. The minimum atomic E-state index is 0. The SMILES string of the molecule is COc1cc(OC)c(CCNC(=O)C2CC3CCCC(C2)C3N)c(OC)c1.Cl. The van der Waals surface area contributed by atoms with Gasteiger partial charge >= 0.3 is 0 Å². The van der Waals surface area contributed by atoms with Gasteiger partial charge in [0, 0.05) is 36.2 Å². The fourth-order valence-corrected chi connectivity index (χ4v) is 4.78. The smallest absolute Gasteiger partial charge is 0.223 e. The Bertz CT molecular complexity index is 631. The van der Waals surface area contributed by atoms with Crippen molar-refractivity contribution in [3.8, 4) is 17.2 Å². The van der Waals surface area contributed by atoms with E-state index in [9.17, 15) is 4.79 Å². The number of fused-ring (bicyclic) bond motifs is 2. The predicted octanol–water partition coefficient (Wildman–Crippen LogP) is 2.95. The van der Waals surface area contributed by atoms with Crippen molar-refractivity contribution in [2.45, 2.75) is 44.6 Å². The number of carbonyl (C=O) groups is 1. The first-order valence-corrected chi connectivity index (χ1v) is 9.89. The number of hydrogen-bond donors (Lipinski definition) is 2. The highest BCUT2D eigenvalue weighted by Gasteiger charge is 2.40. The minimum absolute atomic E-state index is 0. The molecule has 1 aromatic carbocycles. The first-order valence-electron chi connectivity index (χ1n) is 9.89. The molecule has 2 bridgehead atoms. The van der Waals surface area contributed by atoms with Crippen molar-refractivity contribution in [1.82, 2.24) is 5.32 Å². The maximum atomic E-state index is 12.7. The first kappa shape index (κ1) is 22.6. The molecule has 2 fully saturated rings. The average Bonchev–Trinajstić information content (AvgIpc) is 2.67. The number of benzene rings is 1. The zero-order valence-electron chi connectivity index (χ0n) is 17.0. The van der Waals surface area contributed by atoms with Crippen LogP contribution >= 0.6 is 12.4 Å². The molecule has 2 aliphatic carbocycles. The summed E-state index contributed by atoms with van der Waals surface area (Å²) in [6.45, 7) is 0.551. The highest BCUT2D eigenvalue weighted by molar-refractivity contribution is 5.85. The van der Waals surface area contributed by atoms with Gasteiger partial charge in [-0.2, -0.15) is 0 Å². The third-order valence-corrected chi connectivity index (χ3v) is 6.28. The summed E-state index contributed by atoms with van der Waals surface area (Å²) in [5.74, 6) is 3.37. The number of amides is 1.